The number of amides is 1. The molecular formula is C21H25FN2OS. The van der Waals surface area contributed by atoms with Gasteiger partial charge in [-0.2, -0.15) is 0 Å². The maximum Gasteiger partial charge on any atom is 0.230 e. The van der Waals surface area contributed by atoms with Gasteiger partial charge in [-0.3, -0.25) is 4.79 Å². The molecule has 0 spiro atoms. The van der Waals surface area contributed by atoms with Crippen LogP contribution in [0.3, 0.4) is 0 Å². The first kappa shape index (κ1) is 18.8. The minimum absolute atomic E-state index is 0.0659. The molecule has 26 heavy (non-hydrogen) atoms. The predicted molar refractivity (Wildman–Crippen MR) is 107 cm³/mol. The van der Waals surface area contributed by atoms with Gasteiger partial charge in [-0.1, -0.05) is 30.3 Å². The summed E-state index contributed by atoms with van der Waals surface area (Å²) in [5.41, 5.74) is 3.81. The second-order valence-electron chi connectivity index (χ2n) is 6.54. The number of thioether (sulfide) groups is 1. The Morgan fingerprint density at radius 3 is 2.81 bits per heavy atom. The average molecular weight is 373 g/mol. The maximum atomic E-state index is 12.9. The molecular weight excluding hydrogens is 347 g/mol. The van der Waals surface area contributed by atoms with Crippen molar-refractivity contribution in [2.45, 2.75) is 25.0 Å². The summed E-state index contributed by atoms with van der Waals surface area (Å²) in [6.07, 6.45) is 3.31. The molecule has 0 unspecified atom stereocenters. The Morgan fingerprint density at radius 1 is 1.15 bits per heavy atom. The summed E-state index contributed by atoms with van der Waals surface area (Å²) in [7, 11) is 0. The summed E-state index contributed by atoms with van der Waals surface area (Å²) >= 11 is 1.55. The molecule has 0 saturated carbocycles. The first-order chi connectivity index (χ1) is 12.7. The number of fused-ring (bicyclic) bond motifs is 1. The molecule has 1 amide bonds. The summed E-state index contributed by atoms with van der Waals surface area (Å²) in [4.78, 5) is 14.4. The van der Waals surface area contributed by atoms with Crippen molar-refractivity contribution in [3.8, 4) is 0 Å². The smallest absolute Gasteiger partial charge is 0.230 e. The molecule has 138 valence electrons. The van der Waals surface area contributed by atoms with Crippen molar-refractivity contribution in [1.82, 2.24) is 5.32 Å². The number of nitrogens with one attached hydrogen (secondary N) is 1. The highest BCUT2D eigenvalue weighted by molar-refractivity contribution is 7.99. The van der Waals surface area contributed by atoms with E-state index in [0.29, 0.717) is 12.3 Å². The number of anilines is 1. The topological polar surface area (TPSA) is 32.3 Å². The number of hydrogen-bond acceptors (Lipinski definition) is 3. The van der Waals surface area contributed by atoms with E-state index in [4.69, 9.17) is 0 Å². The fourth-order valence-electron chi connectivity index (χ4n) is 3.23. The summed E-state index contributed by atoms with van der Waals surface area (Å²) in [6.45, 7) is 2.77. The number of halogens is 1. The van der Waals surface area contributed by atoms with E-state index in [2.05, 4.69) is 34.5 Å². The zero-order valence-corrected chi connectivity index (χ0v) is 15.7. The third-order valence-electron chi connectivity index (χ3n) is 4.55. The van der Waals surface area contributed by atoms with E-state index in [-0.39, 0.29) is 11.7 Å². The molecule has 2 aromatic rings. The highest BCUT2D eigenvalue weighted by Gasteiger charge is 2.15. The van der Waals surface area contributed by atoms with Crippen LogP contribution >= 0.6 is 11.8 Å². The van der Waals surface area contributed by atoms with Gasteiger partial charge >= 0.3 is 0 Å². The number of carbonyl (C=O) groups excluding carboxylic acids is 1. The van der Waals surface area contributed by atoms with Crippen LogP contribution < -0.4 is 10.2 Å². The molecule has 1 aliphatic rings. The van der Waals surface area contributed by atoms with Gasteiger partial charge in [0.15, 0.2) is 0 Å². The summed E-state index contributed by atoms with van der Waals surface area (Å²) < 4.78 is 12.9. The van der Waals surface area contributed by atoms with Crippen LogP contribution in [0.15, 0.2) is 48.5 Å². The molecule has 1 N–H and O–H groups in total. The summed E-state index contributed by atoms with van der Waals surface area (Å²) in [6, 6.07) is 15.0. The van der Waals surface area contributed by atoms with Gasteiger partial charge in [0, 0.05) is 31.1 Å². The van der Waals surface area contributed by atoms with Crippen molar-refractivity contribution in [3.63, 3.8) is 0 Å². The minimum atomic E-state index is -0.229. The standard InChI is InChI=1S/C21H25FN2OS/c22-19-10-8-17(9-11-19)15-26-16-21(25)23-12-4-14-24-13-3-6-18-5-1-2-7-20(18)24/h1-2,5,7-11H,3-4,6,12-16H2,(H,23,25). The number of carbonyl (C=O) groups is 1. The van der Waals surface area contributed by atoms with Crippen LogP contribution in [-0.2, 0) is 17.0 Å². The highest BCUT2D eigenvalue weighted by atomic mass is 32.2. The van der Waals surface area contributed by atoms with Crippen molar-refractivity contribution < 1.29 is 9.18 Å². The van der Waals surface area contributed by atoms with E-state index in [1.54, 1.807) is 23.9 Å². The molecule has 3 nitrogen and oxygen atoms in total. The molecule has 0 bridgehead atoms. The lowest BCUT2D eigenvalue weighted by molar-refractivity contribution is -0.118. The first-order valence-electron chi connectivity index (χ1n) is 9.14. The minimum Gasteiger partial charge on any atom is -0.371 e. The van der Waals surface area contributed by atoms with Crippen molar-refractivity contribution in [2.24, 2.45) is 0 Å². The van der Waals surface area contributed by atoms with Crippen LogP contribution in [0.2, 0.25) is 0 Å². The van der Waals surface area contributed by atoms with E-state index < -0.39 is 0 Å². The Bertz CT molecular complexity index is 720. The molecule has 1 heterocycles. The zero-order valence-electron chi connectivity index (χ0n) is 14.9. The molecule has 0 radical (unpaired) electrons. The van der Waals surface area contributed by atoms with Gasteiger partial charge in [0.25, 0.3) is 0 Å². The Balaban J connectivity index is 1.31. The van der Waals surface area contributed by atoms with Crippen LogP contribution in [-0.4, -0.2) is 31.3 Å². The first-order valence-corrected chi connectivity index (χ1v) is 10.3. The molecule has 5 heteroatoms. The quantitative estimate of drug-likeness (QED) is 0.711. The lowest BCUT2D eigenvalue weighted by atomic mass is 10.0. The summed E-state index contributed by atoms with van der Waals surface area (Å²) in [5, 5.41) is 3.00. The molecule has 0 aromatic heterocycles. The van der Waals surface area contributed by atoms with Gasteiger partial charge in [-0.25, -0.2) is 4.39 Å². The lowest BCUT2D eigenvalue weighted by Gasteiger charge is -2.31. The fraction of sp³-hybridized carbons (Fsp3) is 0.381. The van der Waals surface area contributed by atoms with Crippen molar-refractivity contribution in [2.75, 3.05) is 30.3 Å². The van der Waals surface area contributed by atoms with Gasteiger partial charge < -0.3 is 10.2 Å². The number of aryl methyl sites for hydroxylation is 1. The van der Waals surface area contributed by atoms with E-state index in [0.717, 1.165) is 37.2 Å². The number of para-hydroxylation sites is 1. The van der Waals surface area contributed by atoms with Gasteiger partial charge in [0.2, 0.25) is 5.91 Å². The van der Waals surface area contributed by atoms with E-state index in [9.17, 15) is 9.18 Å². The molecule has 0 fully saturated rings. The highest BCUT2D eigenvalue weighted by Crippen LogP contribution is 2.26. The van der Waals surface area contributed by atoms with Gasteiger partial charge in [0.1, 0.15) is 5.82 Å². The van der Waals surface area contributed by atoms with Crippen LogP contribution in [0.4, 0.5) is 10.1 Å². The van der Waals surface area contributed by atoms with Crippen LogP contribution in [0.5, 0.6) is 0 Å². The second kappa shape index (κ2) is 9.62. The predicted octanol–water partition coefficient (Wildman–Crippen LogP) is 4.02. The molecule has 0 saturated heterocycles. The van der Waals surface area contributed by atoms with Gasteiger partial charge in [-0.05, 0) is 48.6 Å². The van der Waals surface area contributed by atoms with E-state index in [1.807, 2.05) is 0 Å². The Labute approximate surface area is 159 Å². The largest absolute Gasteiger partial charge is 0.371 e. The van der Waals surface area contributed by atoms with Crippen molar-refractivity contribution in [3.05, 3.63) is 65.5 Å². The Hall–Kier alpha value is -2.01. The maximum absolute atomic E-state index is 12.9. The molecule has 0 atom stereocenters. The molecule has 3 rings (SSSR count). The number of nitrogens with zero attached hydrogens (tertiary/aromatic N) is 1. The Morgan fingerprint density at radius 2 is 1.96 bits per heavy atom. The lowest BCUT2D eigenvalue weighted by Crippen LogP contribution is -2.33. The fourth-order valence-corrected chi connectivity index (χ4v) is 4.05. The van der Waals surface area contributed by atoms with Crippen LogP contribution in [0.25, 0.3) is 0 Å². The number of benzene rings is 2. The number of rotatable bonds is 8. The van der Waals surface area contributed by atoms with Crippen LogP contribution in [0.1, 0.15) is 24.0 Å². The van der Waals surface area contributed by atoms with Crippen molar-refractivity contribution >= 4 is 23.4 Å². The summed E-state index contributed by atoms with van der Waals surface area (Å²) in [5.74, 6) is 0.992. The normalized spacial score (nSPS) is 13.3. The zero-order chi connectivity index (χ0) is 18.2. The van der Waals surface area contributed by atoms with E-state index >= 15 is 0 Å². The third-order valence-corrected chi connectivity index (χ3v) is 5.55. The molecule has 1 aliphatic heterocycles. The molecule has 0 aliphatic carbocycles. The van der Waals surface area contributed by atoms with Crippen LogP contribution in [0, 0.1) is 5.82 Å². The monoisotopic (exact) mass is 372 g/mol. The average Bonchev–Trinajstić information content (AvgIpc) is 2.67. The SMILES string of the molecule is O=C(CSCc1ccc(F)cc1)NCCCN1CCCc2ccccc21. The number of hydrogen-bond donors (Lipinski definition) is 1. The van der Waals surface area contributed by atoms with E-state index in [1.165, 1.54) is 29.8 Å². The molecule has 2 aromatic carbocycles. The Kier molecular flexibility index (Phi) is 6.95. The third kappa shape index (κ3) is 5.49. The van der Waals surface area contributed by atoms with Gasteiger partial charge in [0.05, 0.1) is 5.75 Å². The van der Waals surface area contributed by atoms with Gasteiger partial charge in [-0.15, -0.1) is 11.8 Å². The van der Waals surface area contributed by atoms with Crippen molar-refractivity contribution in [1.29, 1.82) is 0 Å². The second-order valence-corrected chi connectivity index (χ2v) is 7.53.